The number of nitrogens with zero attached hydrogens (tertiary/aromatic N) is 1. The Labute approximate surface area is 111 Å². The zero-order valence-corrected chi connectivity index (χ0v) is 10.9. The highest BCUT2D eigenvalue weighted by molar-refractivity contribution is 5.98. The number of hydrogen-bond acceptors (Lipinski definition) is 3. The number of aromatic carboxylic acids is 1. The minimum absolute atomic E-state index is 0.163. The van der Waals surface area contributed by atoms with Crippen LogP contribution in [0.5, 0.6) is 0 Å². The van der Waals surface area contributed by atoms with Crippen LogP contribution in [0.2, 0.25) is 0 Å². The van der Waals surface area contributed by atoms with Gasteiger partial charge in [-0.3, -0.25) is 0 Å². The zero-order chi connectivity index (χ0) is 14.0. The third-order valence-corrected chi connectivity index (χ3v) is 3.49. The minimum Gasteiger partial charge on any atom is -0.476 e. The molecule has 1 aromatic heterocycles. The summed E-state index contributed by atoms with van der Waals surface area (Å²) in [6.45, 7) is 4.91. The van der Waals surface area contributed by atoms with Gasteiger partial charge in [0.2, 0.25) is 0 Å². The van der Waals surface area contributed by atoms with Crippen LogP contribution in [0, 0.1) is 11.3 Å². The van der Waals surface area contributed by atoms with Gasteiger partial charge < -0.3 is 15.7 Å². The number of carbonyl (C=O) groups is 2. The number of pyridine rings is 1. The zero-order valence-electron chi connectivity index (χ0n) is 10.9. The highest BCUT2D eigenvalue weighted by Crippen LogP contribution is 2.50. The molecule has 2 rings (SSSR count). The maximum atomic E-state index is 11.7. The Morgan fingerprint density at radius 1 is 1.53 bits per heavy atom. The van der Waals surface area contributed by atoms with Crippen LogP contribution in [-0.2, 0) is 0 Å². The lowest BCUT2D eigenvalue weighted by Crippen LogP contribution is -2.31. The van der Waals surface area contributed by atoms with E-state index in [2.05, 4.69) is 29.5 Å². The largest absolute Gasteiger partial charge is 0.476 e. The molecule has 1 fully saturated rings. The molecular weight excluding hydrogens is 246 g/mol. The van der Waals surface area contributed by atoms with Gasteiger partial charge in [-0.15, -0.1) is 0 Å². The number of carboxylic acids is 1. The molecule has 1 saturated carbocycles. The van der Waals surface area contributed by atoms with E-state index < -0.39 is 12.0 Å². The van der Waals surface area contributed by atoms with Crippen molar-refractivity contribution in [2.75, 3.05) is 11.9 Å². The molecule has 1 aliphatic rings. The highest BCUT2D eigenvalue weighted by Gasteiger charge is 2.45. The van der Waals surface area contributed by atoms with Crippen molar-refractivity contribution in [3.8, 4) is 0 Å². The van der Waals surface area contributed by atoms with Gasteiger partial charge in [-0.2, -0.15) is 0 Å². The first-order valence-electron chi connectivity index (χ1n) is 6.13. The van der Waals surface area contributed by atoms with Gasteiger partial charge in [0.15, 0.2) is 5.69 Å². The predicted octanol–water partition coefficient (Wildman–Crippen LogP) is 1.95. The van der Waals surface area contributed by atoms with Crippen molar-refractivity contribution in [3.05, 3.63) is 24.0 Å². The van der Waals surface area contributed by atoms with E-state index >= 15 is 0 Å². The number of rotatable bonds is 4. The molecule has 0 radical (unpaired) electrons. The van der Waals surface area contributed by atoms with Crippen LogP contribution in [0.1, 0.15) is 30.8 Å². The standard InChI is InChI=1S/C13H17N3O3/c1-13(2)6-8(13)7-15-12(19)16-9-4-3-5-14-10(9)11(17)18/h3-5,8H,6-7H2,1-2H3,(H,17,18)(H2,15,16,19). The SMILES string of the molecule is CC1(C)CC1CNC(=O)Nc1cccnc1C(=O)O. The second-order valence-electron chi connectivity index (χ2n) is 5.43. The lowest BCUT2D eigenvalue weighted by Gasteiger charge is -2.09. The summed E-state index contributed by atoms with van der Waals surface area (Å²) in [4.78, 5) is 26.3. The second-order valence-corrected chi connectivity index (χ2v) is 5.43. The summed E-state index contributed by atoms with van der Waals surface area (Å²) in [7, 11) is 0. The smallest absolute Gasteiger partial charge is 0.356 e. The van der Waals surface area contributed by atoms with Crippen molar-refractivity contribution >= 4 is 17.7 Å². The molecule has 1 aromatic rings. The summed E-state index contributed by atoms with van der Waals surface area (Å²) in [6, 6.07) is 2.68. The first-order chi connectivity index (χ1) is 8.90. The Kier molecular flexibility index (Phi) is 3.42. The number of carboxylic acid groups (broad SMARTS) is 1. The predicted molar refractivity (Wildman–Crippen MR) is 70.1 cm³/mol. The van der Waals surface area contributed by atoms with Gasteiger partial charge in [0, 0.05) is 12.7 Å². The summed E-state index contributed by atoms with van der Waals surface area (Å²) < 4.78 is 0. The van der Waals surface area contributed by atoms with Crippen LogP contribution < -0.4 is 10.6 Å². The molecule has 0 aliphatic heterocycles. The summed E-state index contributed by atoms with van der Waals surface area (Å²) in [5.74, 6) is -0.676. The number of amides is 2. The molecule has 0 saturated heterocycles. The van der Waals surface area contributed by atoms with Crippen LogP contribution in [0.3, 0.4) is 0 Å². The van der Waals surface area contributed by atoms with Crippen LogP contribution >= 0.6 is 0 Å². The number of urea groups is 1. The number of anilines is 1. The Hall–Kier alpha value is -2.11. The van der Waals surface area contributed by atoms with Gasteiger partial charge in [0.05, 0.1) is 5.69 Å². The molecule has 0 aromatic carbocycles. The fraction of sp³-hybridized carbons (Fsp3) is 0.462. The van der Waals surface area contributed by atoms with Crippen LogP contribution in [0.25, 0.3) is 0 Å². The molecule has 6 nitrogen and oxygen atoms in total. The lowest BCUT2D eigenvalue weighted by molar-refractivity contribution is 0.0692. The number of nitrogens with one attached hydrogen (secondary N) is 2. The molecule has 1 unspecified atom stereocenters. The van der Waals surface area contributed by atoms with Crippen molar-refractivity contribution in [1.82, 2.24) is 10.3 Å². The third-order valence-electron chi connectivity index (χ3n) is 3.49. The average Bonchev–Trinajstić information content (AvgIpc) is 2.95. The molecule has 2 amide bonds. The van der Waals surface area contributed by atoms with Crippen molar-refractivity contribution < 1.29 is 14.7 Å². The van der Waals surface area contributed by atoms with Gasteiger partial charge in [0.1, 0.15) is 0 Å². The van der Waals surface area contributed by atoms with E-state index in [0.717, 1.165) is 6.42 Å². The monoisotopic (exact) mass is 263 g/mol. The third kappa shape index (κ3) is 3.21. The summed E-state index contributed by atoms with van der Waals surface area (Å²) in [6.07, 6.45) is 2.47. The fourth-order valence-corrected chi connectivity index (χ4v) is 1.98. The van der Waals surface area contributed by atoms with Crippen molar-refractivity contribution in [2.45, 2.75) is 20.3 Å². The minimum atomic E-state index is -1.17. The summed E-state index contributed by atoms with van der Waals surface area (Å²) in [5, 5.41) is 14.2. The first kappa shape index (κ1) is 13.3. The maximum absolute atomic E-state index is 11.7. The van der Waals surface area contributed by atoms with Crippen molar-refractivity contribution in [2.24, 2.45) is 11.3 Å². The van der Waals surface area contributed by atoms with Gasteiger partial charge in [0.25, 0.3) is 0 Å². The van der Waals surface area contributed by atoms with Gasteiger partial charge >= 0.3 is 12.0 Å². The van der Waals surface area contributed by atoms with Crippen LogP contribution in [0.4, 0.5) is 10.5 Å². The Morgan fingerprint density at radius 3 is 2.79 bits per heavy atom. The number of hydrogen-bond donors (Lipinski definition) is 3. The van der Waals surface area contributed by atoms with E-state index in [1.807, 2.05) is 0 Å². The number of aromatic nitrogens is 1. The van der Waals surface area contributed by atoms with Crippen molar-refractivity contribution in [1.29, 1.82) is 0 Å². The van der Waals surface area contributed by atoms with Crippen LogP contribution in [0.15, 0.2) is 18.3 Å². The number of carbonyl (C=O) groups excluding carboxylic acids is 1. The molecule has 3 N–H and O–H groups in total. The average molecular weight is 263 g/mol. The second kappa shape index (κ2) is 4.87. The summed E-state index contributed by atoms with van der Waals surface area (Å²) >= 11 is 0. The highest BCUT2D eigenvalue weighted by atomic mass is 16.4. The van der Waals surface area contributed by atoms with E-state index in [-0.39, 0.29) is 11.4 Å². The molecule has 1 aliphatic carbocycles. The molecule has 19 heavy (non-hydrogen) atoms. The van der Waals surface area contributed by atoms with E-state index in [9.17, 15) is 9.59 Å². The van der Waals surface area contributed by atoms with E-state index in [4.69, 9.17) is 5.11 Å². The molecule has 1 atom stereocenters. The topological polar surface area (TPSA) is 91.3 Å². The molecule has 0 spiro atoms. The lowest BCUT2D eigenvalue weighted by atomic mass is 10.1. The van der Waals surface area contributed by atoms with Gasteiger partial charge in [-0.25, -0.2) is 14.6 Å². The molecule has 6 heteroatoms. The van der Waals surface area contributed by atoms with E-state index in [0.29, 0.717) is 17.9 Å². The fourth-order valence-electron chi connectivity index (χ4n) is 1.98. The molecule has 1 heterocycles. The van der Waals surface area contributed by atoms with Gasteiger partial charge in [-0.05, 0) is 29.9 Å². The Bertz CT molecular complexity index is 514. The van der Waals surface area contributed by atoms with Crippen molar-refractivity contribution in [3.63, 3.8) is 0 Å². The quantitative estimate of drug-likeness (QED) is 0.774. The molecule has 0 bridgehead atoms. The maximum Gasteiger partial charge on any atom is 0.356 e. The Morgan fingerprint density at radius 2 is 2.21 bits per heavy atom. The first-order valence-corrected chi connectivity index (χ1v) is 6.13. The normalized spacial score (nSPS) is 19.6. The van der Waals surface area contributed by atoms with E-state index in [1.165, 1.54) is 12.3 Å². The van der Waals surface area contributed by atoms with Crippen LogP contribution in [-0.4, -0.2) is 28.6 Å². The Balaban J connectivity index is 1.90. The van der Waals surface area contributed by atoms with Gasteiger partial charge in [-0.1, -0.05) is 13.8 Å². The molecule has 102 valence electrons. The molecular formula is C13H17N3O3. The van der Waals surface area contributed by atoms with E-state index in [1.54, 1.807) is 6.07 Å². The summed E-state index contributed by atoms with van der Waals surface area (Å²) in [5.41, 5.74) is 0.334.